The van der Waals surface area contributed by atoms with E-state index < -0.39 is 0 Å². The number of piperidine rings is 1. The molecule has 1 fully saturated rings. The average Bonchev–Trinajstić information content (AvgIpc) is 3.26. The Morgan fingerprint density at radius 2 is 1.94 bits per heavy atom. The first-order valence-corrected chi connectivity index (χ1v) is 10.7. The molecule has 162 valence electrons. The van der Waals surface area contributed by atoms with E-state index in [1.807, 2.05) is 25.1 Å². The number of aryl methyl sites for hydroxylation is 1. The van der Waals surface area contributed by atoms with Gasteiger partial charge in [0.1, 0.15) is 5.82 Å². The molecule has 2 N–H and O–H groups in total. The maximum atomic E-state index is 5.93. The summed E-state index contributed by atoms with van der Waals surface area (Å²) >= 11 is 5.93. The zero-order chi connectivity index (χ0) is 21.6. The molecule has 3 heterocycles. The number of hydrogen-bond donors (Lipinski definition) is 2. The highest BCUT2D eigenvalue weighted by Gasteiger charge is 2.21. The third kappa shape index (κ3) is 5.52. The summed E-state index contributed by atoms with van der Waals surface area (Å²) in [5.41, 5.74) is 1.90. The van der Waals surface area contributed by atoms with Crippen LogP contribution in [0.2, 0.25) is 5.02 Å². The third-order valence-electron chi connectivity index (χ3n) is 5.23. The zero-order valence-corrected chi connectivity index (χ0v) is 18.4. The van der Waals surface area contributed by atoms with Crippen molar-refractivity contribution in [3.63, 3.8) is 0 Å². The molecular formula is C22H26ClN7O. The van der Waals surface area contributed by atoms with Gasteiger partial charge in [0.15, 0.2) is 5.96 Å². The van der Waals surface area contributed by atoms with Crippen LogP contribution in [0.5, 0.6) is 0 Å². The Morgan fingerprint density at radius 3 is 2.65 bits per heavy atom. The van der Waals surface area contributed by atoms with Crippen molar-refractivity contribution >= 4 is 23.4 Å². The van der Waals surface area contributed by atoms with Gasteiger partial charge in [0.25, 0.3) is 0 Å². The summed E-state index contributed by atoms with van der Waals surface area (Å²) in [7, 11) is 1.76. The van der Waals surface area contributed by atoms with Crippen LogP contribution in [-0.4, -0.2) is 47.3 Å². The van der Waals surface area contributed by atoms with Crippen LogP contribution in [0, 0.1) is 6.92 Å². The molecule has 0 unspecified atom stereocenters. The summed E-state index contributed by atoms with van der Waals surface area (Å²) in [4.78, 5) is 15.7. The number of aromatic nitrogens is 3. The van der Waals surface area contributed by atoms with E-state index in [9.17, 15) is 0 Å². The summed E-state index contributed by atoms with van der Waals surface area (Å²) in [5.74, 6) is 2.80. The normalized spacial score (nSPS) is 15.2. The molecule has 2 aromatic heterocycles. The first-order chi connectivity index (χ1) is 15.1. The van der Waals surface area contributed by atoms with E-state index >= 15 is 0 Å². The highest BCUT2D eigenvalue weighted by atomic mass is 35.5. The SMILES string of the molecule is CN=C(NCc1nc(-c2ccc(Cl)cc2)no1)NC1CCN(c2cccc(C)n2)CC1. The molecule has 0 spiro atoms. The maximum absolute atomic E-state index is 5.93. The fourth-order valence-corrected chi connectivity index (χ4v) is 3.67. The second kappa shape index (κ2) is 9.78. The van der Waals surface area contributed by atoms with Crippen LogP contribution in [0.25, 0.3) is 11.4 Å². The second-order valence-electron chi connectivity index (χ2n) is 7.49. The Balaban J connectivity index is 1.26. The number of aliphatic imine (C=N–C) groups is 1. The number of anilines is 1. The van der Waals surface area contributed by atoms with E-state index in [0.717, 1.165) is 49.0 Å². The number of benzene rings is 1. The number of rotatable bonds is 5. The monoisotopic (exact) mass is 439 g/mol. The van der Waals surface area contributed by atoms with Gasteiger partial charge in [-0.2, -0.15) is 4.98 Å². The molecule has 8 nitrogen and oxygen atoms in total. The van der Waals surface area contributed by atoms with E-state index in [1.54, 1.807) is 19.2 Å². The van der Waals surface area contributed by atoms with Crippen LogP contribution in [-0.2, 0) is 6.54 Å². The molecule has 0 radical (unpaired) electrons. The molecule has 31 heavy (non-hydrogen) atoms. The molecule has 0 bridgehead atoms. The second-order valence-corrected chi connectivity index (χ2v) is 7.92. The quantitative estimate of drug-likeness (QED) is 0.464. The minimum atomic E-state index is 0.347. The molecule has 4 rings (SSSR count). The summed E-state index contributed by atoms with van der Waals surface area (Å²) < 4.78 is 5.35. The van der Waals surface area contributed by atoms with Crippen LogP contribution in [0.3, 0.4) is 0 Å². The van der Waals surface area contributed by atoms with Gasteiger partial charge < -0.3 is 20.1 Å². The van der Waals surface area contributed by atoms with E-state index in [0.29, 0.717) is 29.3 Å². The van der Waals surface area contributed by atoms with Crippen molar-refractivity contribution in [1.29, 1.82) is 0 Å². The fourth-order valence-electron chi connectivity index (χ4n) is 3.55. The molecule has 0 amide bonds. The Hall–Kier alpha value is -3.13. The van der Waals surface area contributed by atoms with Crippen molar-refractivity contribution in [1.82, 2.24) is 25.8 Å². The first-order valence-electron chi connectivity index (χ1n) is 10.3. The van der Waals surface area contributed by atoms with Crippen molar-refractivity contribution in [2.24, 2.45) is 4.99 Å². The van der Waals surface area contributed by atoms with E-state index in [1.165, 1.54) is 0 Å². The summed E-state index contributed by atoms with van der Waals surface area (Å²) in [6.07, 6.45) is 2.02. The molecule has 0 atom stereocenters. The number of guanidine groups is 1. The highest BCUT2D eigenvalue weighted by molar-refractivity contribution is 6.30. The van der Waals surface area contributed by atoms with Gasteiger partial charge in [-0.05, 0) is 56.2 Å². The van der Waals surface area contributed by atoms with Crippen LogP contribution >= 0.6 is 11.6 Å². The molecule has 3 aromatic rings. The predicted molar refractivity (Wildman–Crippen MR) is 122 cm³/mol. The van der Waals surface area contributed by atoms with Crippen LogP contribution in [0.1, 0.15) is 24.4 Å². The number of halogens is 1. The minimum Gasteiger partial charge on any atom is -0.356 e. The van der Waals surface area contributed by atoms with Crippen molar-refractivity contribution in [2.75, 3.05) is 25.0 Å². The van der Waals surface area contributed by atoms with E-state index in [-0.39, 0.29) is 0 Å². The molecule has 9 heteroatoms. The first kappa shape index (κ1) is 21.1. The number of pyridine rings is 1. The Labute approximate surface area is 186 Å². The largest absolute Gasteiger partial charge is 0.356 e. The molecule has 1 saturated heterocycles. The van der Waals surface area contributed by atoms with Gasteiger partial charge in [-0.3, -0.25) is 4.99 Å². The molecule has 1 aliphatic rings. The maximum Gasteiger partial charge on any atom is 0.246 e. The van der Waals surface area contributed by atoms with Gasteiger partial charge in [0.05, 0.1) is 6.54 Å². The summed E-state index contributed by atoms with van der Waals surface area (Å²) in [6, 6.07) is 13.8. The lowest BCUT2D eigenvalue weighted by molar-refractivity contribution is 0.374. The Bertz CT molecular complexity index is 1030. The lowest BCUT2D eigenvalue weighted by atomic mass is 10.1. The standard InChI is InChI=1S/C22H26ClN7O/c1-15-4-3-5-19(26-15)30-12-10-18(11-13-30)27-22(24-2)25-14-20-28-21(29-31-20)16-6-8-17(23)9-7-16/h3-9,18H,10-14H2,1-2H3,(H2,24,25,27). The van der Waals surface area contributed by atoms with Gasteiger partial charge >= 0.3 is 0 Å². The number of nitrogens with zero attached hydrogens (tertiary/aromatic N) is 5. The van der Waals surface area contributed by atoms with Gasteiger partial charge in [0.2, 0.25) is 11.7 Å². The highest BCUT2D eigenvalue weighted by Crippen LogP contribution is 2.19. The molecule has 0 saturated carbocycles. The van der Waals surface area contributed by atoms with Crippen molar-refractivity contribution in [3.8, 4) is 11.4 Å². The summed E-state index contributed by atoms with van der Waals surface area (Å²) in [6.45, 7) is 4.33. The predicted octanol–water partition coefficient (Wildman–Crippen LogP) is 3.43. The van der Waals surface area contributed by atoms with E-state index in [4.69, 9.17) is 16.1 Å². The lowest BCUT2D eigenvalue weighted by Crippen LogP contribution is -2.48. The smallest absolute Gasteiger partial charge is 0.246 e. The van der Waals surface area contributed by atoms with Gasteiger partial charge in [0, 0.05) is 42.5 Å². The van der Waals surface area contributed by atoms with Crippen molar-refractivity contribution < 1.29 is 4.52 Å². The zero-order valence-electron chi connectivity index (χ0n) is 17.7. The fraction of sp³-hybridized carbons (Fsp3) is 0.364. The number of hydrogen-bond acceptors (Lipinski definition) is 6. The molecular weight excluding hydrogens is 414 g/mol. The van der Waals surface area contributed by atoms with Gasteiger partial charge in [-0.25, -0.2) is 4.98 Å². The van der Waals surface area contributed by atoms with Crippen LogP contribution in [0.4, 0.5) is 5.82 Å². The number of nitrogens with one attached hydrogen (secondary N) is 2. The Kier molecular flexibility index (Phi) is 6.66. The van der Waals surface area contributed by atoms with Crippen LogP contribution in [0.15, 0.2) is 52.0 Å². The molecule has 1 aliphatic heterocycles. The molecule has 1 aromatic carbocycles. The summed E-state index contributed by atoms with van der Waals surface area (Å²) in [5, 5.41) is 11.5. The van der Waals surface area contributed by atoms with E-state index in [2.05, 4.69) is 47.8 Å². The van der Waals surface area contributed by atoms with Gasteiger partial charge in [-0.1, -0.05) is 22.8 Å². The van der Waals surface area contributed by atoms with Crippen LogP contribution < -0.4 is 15.5 Å². The van der Waals surface area contributed by atoms with Crippen molar-refractivity contribution in [2.45, 2.75) is 32.4 Å². The third-order valence-corrected chi connectivity index (χ3v) is 5.49. The van der Waals surface area contributed by atoms with Gasteiger partial charge in [-0.15, -0.1) is 0 Å². The topological polar surface area (TPSA) is 91.5 Å². The average molecular weight is 440 g/mol. The molecule has 0 aliphatic carbocycles. The lowest BCUT2D eigenvalue weighted by Gasteiger charge is -2.33. The minimum absolute atomic E-state index is 0.347. The van der Waals surface area contributed by atoms with Crippen molar-refractivity contribution in [3.05, 3.63) is 59.1 Å². The Morgan fingerprint density at radius 1 is 1.16 bits per heavy atom.